The summed E-state index contributed by atoms with van der Waals surface area (Å²) in [7, 11) is 0. The van der Waals surface area contributed by atoms with Crippen LogP contribution >= 0.6 is 0 Å². The predicted molar refractivity (Wildman–Crippen MR) is 63.1 cm³/mol. The molecular weight excluding hydrogens is 203 g/mol. The molecule has 0 heterocycles. The summed E-state index contributed by atoms with van der Waals surface area (Å²) < 4.78 is 13.2. The van der Waals surface area contributed by atoms with Gasteiger partial charge in [-0.3, -0.25) is 0 Å². The monoisotopic (exact) mass is 212 g/mol. The van der Waals surface area contributed by atoms with E-state index in [0.29, 0.717) is 5.39 Å². The van der Waals surface area contributed by atoms with Gasteiger partial charge in [-0.05, 0) is 40.4 Å². The Morgan fingerprint density at radius 3 is 2.50 bits per heavy atom. The number of fused-ring (bicyclic) bond motifs is 3. The zero-order valence-electron chi connectivity index (χ0n) is 8.44. The molecule has 3 aromatic rings. The fourth-order valence-electron chi connectivity index (χ4n) is 2.06. The molecule has 0 amide bonds. The smallest absolute Gasteiger partial charge is 0.124 e. The average Bonchev–Trinajstić information content (AvgIpc) is 2.29. The van der Waals surface area contributed by atoms with Gasteiger partial charge in [0.05, 0.1) is 0 Å². The molecular formula is C14H9FO. The molecule has 0 aliphatic carbocycles. The van der Waals surface area contributed by atoms with E-state index in [4.69, 9.17) is 0 Å². The van der Waals surface area contributed by atoms with Crippen LogP contribution in [-0.2, 0) is 0 Å². The molecule has 0 aromatic heterocycles. The van der Waals surface area contributed by atoms with Crippen LogP contribution in [0, 0.1) is 5.82 Å². The van der Waals surface area contributed by atoms with Gasteiger partial charge in [0.2, 0.25) is 0 Å². The predicted octanol–water partition coefficient (Wildman–Crippen LogP) is 3.84. The van der Waals surface area contributed by atoms with E-state index < -0.39 is 0 Å². The maximum absolute atomic E-state index is 13.2. The Morgan fingerprint density at radius 2 is 1.62 bits per heavy atom. The molecule has 0 aliphatic rings. The highest BCUT2D eigenvalue weighted by Gasteiger charge is 2.05. The Kier molecular flexibility index (Phi) is 1.83. The van der Waals surface area contributed by atoms with Gasteiger partial charge in [0, 0.05) is 5.39 Å². The molecule has 0 unspecified atom stereocenters. The maximum Gasteiger partial charge on any atom is 0.124 e. The van der Waals surface area contributed by atoms with Crippen molar-refractivity contribution >= 4 is 21.5 Å². The SMILES string of the molecule is Oc1cc2ccccc2c2cc(F)ccc12. The van der Waals surface area contributed by atoms with Crippen molar-refractivity contribution in [2.45, 2.75) is 0 Å². The molecule has 1 N–H and O–H groups in total. The van der Waals surface area contributed by atoms with Crippen molar-refractivity contribution in [2.24, 2.45) is 0 Å². The van der Waals surface area contributed by atoms with E-state index >= 15 is 0 Å². The number of hydrogen-bond acceptors (Lipinski definition) is 1. The van der Waals surface area contributed by atoms with Crippen LogP contribution in [-0.4, -0.2) is 5.11 Å². The van der Waals surface area contributed by atoms with Gasteiger partial charge in [-0.2, -0.15) is 0 Å². The average molecular weight is 212 g/mol. The van der Waals surface area contributed by atoms with Gasteiger partial charge >= 0.3 is 0 Å². The number of halogens is 1. The molecule has 78 valence electrons. The first-order chi connectivity index (χ1) is 7.75. The van der Waals surface area contributed by atoms with Crippen molar-refractivity contribution in [3.8, 4) is 5.75 Å². The van der Waals surface area contributed by atoms with Crippen molar-refractivity contribution in [3.05, 3.63) is 54.3 Å². The second kappa shape index (κ2) is 3.20. The molecule has 0 radical (unpaired) electrons. The molecule has 16 heavy (non-hydrogen) atoms. The molecule has 0 bridgehead atoms. The van der Waals surface area contributed by atoms with E-state index in [1.807, 2.05) is 24.3 Å². The maximum atomic E-state index is 13.2. The van der Waals surface area contributed by atoms with Crippen LogP contribution in [0.1, 0.15) is 0 Å². The molecule has 1 nitrogen and oxygen atoms in total. The van der Waals surface area contributed by atoms with Gasteiger partial charge in [-0.15, -0.1) is 0 Å². The number of aromatic hydroxyl groups is 1. The van der Waals surface area contributed by atoms with Gasteiger partial charge < -0.3 is 5.11 Å². The summed E-state index contributed by atoms with van der Waals surface area (Å²) in [4.78, 5) is 0. The van der Waals surface area contributed by atoms with Crippen molar-refractivity contribution in [1.29, 1.82) is 0 Å². The van der Waals surface area contributed by atoms with Crippen molar-refractivity contribution in [1.82, 2.24) is 0 Å². The van der Waals surface area contributed by atoms with Crippen molar-refractivity contribution in [2.75, 3.05) is 0 Å². The summed E-state index contributed by atoms with van der Waals surface area (Å²) in [5.74, 6) is -0.100. The van der Waals surface area contributed by atoms with Crippen LogP contribution in [0.25, 0.3) is 21.5 Å². The first-order valence-corrected chi connectivity index (χ1v) is 5.06. The Balaban J connectivity index is 2.61. The minimum Gasteiger partial charge on any atom is -0.507 e. The summed E-state index contributed by atoms with van der Waals surface area (Å²) in [5.41, 5.74) is 0. The second-order valence-electron chi connectivity index (χ2n) is 3.81. The fraction of sp³-hybridized carbons (Fsp3) is 0. The topological polar surface area (TPSA) is 20.2 Å². The first kappa shape index (κ1) is 9.16. The summed E-state index contributed by atoms with van der Waals surface area (Å²) in [6.07, 6.45) is 0. The Bertz CT molecular complexity index is 689. The van der Waals surface area contributed by atoms with Gasteiger partial charge in [0.25, 0.3) is 0 Å². The number of phenols is 1. The van der Waals surface area contributed by atoms with Crippen LogP contribution in [0.3, 0.4) is 0 Å². The minimum absolute atomic E-state index is 0.189. The van der Waals surface area contributed by atoms with Crippen LogP contribution in [0.15, 0.2) is 48.5 Å². The lowest BCUT2D eigenvalue weighted by molar-refractivity contribution is 0.482. The van der Waals surface area contributed by atoms with E-state index in [0.717, 1.165) is 16.2 Å². The van der Waals surface area contributed by atoms with Crippen molar-refractivity contribution < 1.29 is 9.50 Å². The first-order valence-electron chi connectivity index (χ1n) is 5.06. The van der Waals surface area contributed by atoms with Crippen molar-refractivity contribution in [3.63, 3.8) is 0 Å². The zero-order valence-corrected chi connectivity index (χ0v) is 8.44. The van der Waals surface area contributed by atoms with Crippen LogP contribution in [0.4, 0.5) is 4.39 Å². The standard InChI is InChI=1S/C14H9FO/c15-10-5-6-12-13(8-10)11-4-2-1-3-9(11)7-14(12)16/h1-8,16H. The van der Waals surface area contributed by atoms with Gasteiger partial charge in [-0.1, -0.05) is 24.3 Å². The normalized spacial score (nSPS) is 11.1. The van der Waals surface area contributed by atoms with Gasteiger partial charge in [0.15, 0.2) is 0 Å². The lowest BCUT2D eigenvalue weighted by atomic mass is 10.0. The third kappa shape index (κ3) is 1.23. The Morgan fingerprint density at radius 1 is 0.812 bits per heavy atom. The van der Waals surface area contributed by atoms with E-state index in [1.54, 1.807) is 12.1 Å². The number of benzene rings is 3. The van der Waals surface area contributed by atoms with Crippen LogP contribution in [0.2, 0.25) is 0 Å². The molecule has 0 fully saturated rings. The fourth-order valence-corrected chi connectivity index (χ4v) is 2.06. The van der Waals surface area contributed by atoms with Crippen LogP contribution in [0.5, 0.6) is 5.75 Å². The van der Waals surface area contributed by atoms with E-state index in [9.17, 15) is 9.50 Å². The highest BCUT2D eigenvalue weighted by Crippen LogP contribution is 2.32. The summed E-state index contributed by atoms with van der Waals surface area (Å²) in [5, 5.41) is 13.1. The van der Waals surface area contributed by atoms with E-state index in [2.05, 4.69) is 0 Å². The molecule has 2 heteroatoms. The summed E-state index contributed by atoms with van der Waals surface area (Å²) >= 11 is 0. The zero-order chi connectivity index (χ0) is 11.1. The van der Waals surface area contributed by atoms with E-state index in [-0.39, 0.29) is 11.6 Å². The van der Waals surface area contributed by atoms with Crippen LogP contribution < -0.4 is 0 Å². The molecule has 0 spiro atoms. The largest absolute Gasteiger partial charge is 0.507 e. The van der Waals surface area contributed by atoms with Gasteiger partial charge in [-0.25, -0.2) is 4.39 Å². The summed E-state index contributed by atoms with van der Waals surface area (Å²) in [6, 6.07) is 13.8. The summed E-state index contributed by atoms with van der Waals surface area (Å²) in [6.45, 7) is 0. The molecule has 3 rings (SSSR count). The Labute approximate surface area is 91.8 Å². The number of phenolic OH excluding ortho intramolecular Hbond substituents is 1. The van der Waals surface area contributed by atoms with Gasteiger partial charge in [0.1, 0.15) is 11.6 Å². The molecule has 0 aliphatic heterocycles. The third-order valence-corrected chi connectivity index (χ3v) is 2.80. The second-order valence-corrected chi connectivity index (χ2v) is 3.81. The molecule has 0 atom stereocenters. The third-order valence-electron chi connectivity index (χ3n) is 2.80. The lowest BCUT2D eigenvalue weighted by Gasteiger charge is -2.06. The molecule has 3 aromatic carbocycles. The number of rotatable bonds is 0. The number of hydrogen-bond donors (Lipinski definition) is 1. The highest BCUT2D eigenvalue weighted by atomic mass is 19.1. The quantitative estimate of drug-likeness (QED) is 0.561. The highest BCUT2D eigenvalue weighted by molar-refractivity contribution is 6.10. The molecule has 0 saturated carbocycles. The Hall–Kier alpha value is -2.09. The minimum atomic E-state index is -0.289. The van der Waals surface area contributed by atoms with E-state index in [1.165, 1.54) is 12.1 Å². The molecule has 0 saturated heterocycles. The lowest BCUT2D eigenvalue weighted by Crippen LogP contribution is -1.81.